The van der Waals surface area contributed by atoms with Gasteiger partial charge in [-0.1, -0.05) is 32.1 Å². The van der Waals surface area contributed by atoms with Crippen molar-refractivity contribution in [2.75, 3.05) is 45.9 Å². The predicted molar refractivity (Wildman–Crippen MR) is 122 cm³/mol. The van der Waals surface area contributed by atoms with Crippen molar-refractivity contribution >= 4 is 0 Å². The van der Waals surface area contributed by atoms with Crippen LogP contribution in [0.2, 0.25) is 0 Å². The lowest BCUT2D eigenvalue weighted by Gasteiger charge is -2.40. The Morgan fingerprint density at radius 3 is 2.55 bits per heavy atom. The van der Waals surface area contributed by atoms with Crippen LogP contribution in [0.3, 0.4) is 0 Å². The first-order valence-electron chi connectivity index (χ1n) is 13.3. The van der Waals surface area contributed by atoms with Gasteiger partial charge in [-0.05, 0) is 57.5 Å². The fourth-order valence-corrected chi connectivity index (χ4v) is 6.69. The molecule has 4 saturated heterocycles. The van der Waals surface area contributed by atoms with E-state index < -0.39 is 0 Å². The van der Waals surface area contributed by atoms with Crippen LogP contribution in [0.4, 0.5) is 0 Å². The van der Waals surface area contributed by atoms with Crippen molar-refractivity contribution in [2.24, 2.45) is 11.8 Å². The Hall–Kier alpha value is -0.280. The van der Waals surface area contributed by atoms with E-state index in [9.17, 15) is 0 Å². The monoisotopic (exact) mass is 435 g/mol. The molecular formula is C24H45N5O2. The highest BCUT2D eigenvalue weighted by atomic mass is 16.7. The van der Waals surface area contributed by atoms with Gasteiger partial charge >= 0.3 is 0 Å². The standard InChI is InChI=1S/C24H45N5O2/c1-2-6-19(7-3-1)8-4-12-28-13-5-9-21(28)24-26-23(27-31-24)20-10-11-22(25-18-20)29-14-16-30-17-15-29/h19-27H,1-18H2/t20?,21-,22?,23?,24?/m0/s1. The number of ether oxygens (including phenoxy) is 1. The molecule has 4 unspecified atom stereocenters. The molecule has 31 heavy (non-hydrogen) atoms. The van der Waals surface area contributed by atoms with Crippen LogP contribution in [0.1, 0.15) is 70.6 Å². The third-order valence-corrected chi connectivity index (χ3v) is 8.60. The highest BCUT2D eigenvalue weighted by molar-refractivity contribution is 4.92. The molecule has 5 aliphatic rings. The molecule has 7 nitrogen and oxygen atoms in total. The van der Waals surface area contributed by atoms with Crippen LogP contribution >= 0.6 is 0 Å². The van der Waals surface area contributed by atoms with E-state index >= 15 is 0 Å². The van der Waals surface area contributed by atoms with Crippen LogP contribution in [-0.4, -0.2) is 80.3 Å². The number of morpholine rings is 1. The lowest BCUT2D eigenvalue weighted by Crippen LogP contribution is -2.57. The van der Waals surface area contributed by atoms with E-state index in [4.69, 9.17) is 9.57 Å². The minimum Gasteiger partial charge on any atom is -0.379 e. The van der Waals surface area contributed by atoms with Gasteiger partial charge in [-0.3, -0.25) is 20.0 Å². The molecule has 178 valence electrons. The molecule has 7 heteroatoms. The zero-order valence-electron chi connectivity index (χ0n) is 19.4. The van der Waals surface area contributed by atoms with Crippen LogP contribution in [-0.2, 0) is 9.57 Å². The Labute approximate surface area is 188 Å². The molecule has 5 rings (SSSR count). The predicted octanol–water partition coefficient (Wildman–Crippen LogP) is 2.25. The highest BCUT2D eigenvalue weighted by Gasteiger charge is 2.40. The SMILES string of the molecule is C1CCC(CCCN2CCC[C@H]2C2NC(C3CCC(N4CCOCC4)NC3)NO2)CC1. The van der Waals surface area contributed by atoms with Crippen molar-refractivity contribution < 1.29 is 9.57 Å². The molecule has 4 heterocycles. The van der Waals surface area contributed by atoms with E-state index in [1.54, 1.807) is 0 Å². The Balaban J connectivity index is 1.04. The Bertz CT molecular complexity index is 532. The molecule has 0 aromatic carbocycles. The van der Waals surface area contributed by atoms with Crippen molar-refractivity contribution in [3.63, 3.8) is 0 Å². The summed E-state index contributed by atoms with van der Waals surface area (Å²) < 4.78 is 5.51. The first kappa shape index (κ1) is 22.5. The molecule has 5 atom stereocenters. The molecule has 0 spiro atoms. The zero-order chi connectivity index (χ0) is 20.9. The van der Waals surface area contributed by atoms with Crippen LogP contribution < -0.4 is 16.1 Å². The molecule has 3 N–H and O–H groups in total. The maximum absolute atomic E-state index is 6.11. The average molecular weight is 436 g/mol. The van der Waals surface area contributed by atoms with E-state index in [0.717, 1.165) is 38.8 Å². The summed E-state index contributed by atoms with van der Waals surface area (Å²) in [6, 6.07) is 0.529. The van der Waals surface area contributed by atoms with Crippen molar-refractivity contribution in [1.82, 2.24) is 25.9 Å². The Morgan fingerprint density at radius 2 is 1.74 bits per heavy atom. The summed E-state index contributed by atoms with van der Waals surface area (Å²) in [5.41, 5.74) is 3.36. The first-order valence-corrected chi connectivity index (χ1v) is 13.3. The number of nitrogens with zero attached hydrogens (tertiary/aromatic N) is 2. The van der Waals surface area contributed by atoms with Gasteiger partial charge in [0.15, 0.2) is 0 Å². The number of hydrogen-bond acceptors (Lipinski definition) is 7. The van der Waals surface area contributed by atoms with Gasteiger partial charge in [-0.2, -0.15) is 5.48 Å². The van der Waals surface area contributed by atoms with Crippen LogP contribution in [0, 0.1) is 11.8 Å². The minimum atomic E-state index is 0.138. The van der Waals surface area contributed by atoms with Gasteiger partial charge in [0, 0.05) is 25.6 Å². The molecule has 4 aliphatic heterocycles. The third kappa shape index (κ3) is 5.81. The summed E-state index contributed by atoms with van der Waals surface area (Å²) in [7, 11) is 0. The second-order valence-electron chi connectivity index (χ2n) is 10.6. The normalized spacial score (nSPS) is 39.3. The molecule has 1 aliphatic carbocycles. The van der Waals surface area contributed by atoms with Crippen molar-refractivity contribution in [1.29, 1.82) is 0 Å². The van der Waals surface area contributed by atoms with Crippen LogP contribution in [0.15, 0.2) is 0 Å². The molecule has 0 aromatic heterocycles. The van der Waals surface area contributed by atoms with Gasteiger partial charge in [0.25, 0.3) is 0 Å². The van der Waals surface area contributed by atoms with Crippen molar-refractivity contribution in [3.05, 3.63) is 0 Å². The second kappa shape index (κ2) is 11.2. The van der Waals surface area contributed by atoms with Crippen LogP contribution in [0.25, 0.3) is 0 Å². The number of hydrogen-bond donors (Lipinski definition) is 3. The minimum absolute atomic E-state index is 0.138. The summed E-state index contributed by atoms with van der Waals surface area (Å²) in [6.45, 7) is 7.42. The largest absolute Gasteiger partial charge is 0.379 e. The summed E-state index contributed by atoms with van der Waals surface area (Å²) in [4.78, 5) is 11.4. The lowest BCUT2D eigenvalue weighted by molar-refractivity contribution is -0.0264. The zero-order valence-corrected chi connectivity index (χ0v) is 19.4. The van der Waals surface area contributed by atoms with Gasteiger partial charge in [-0.25, -0.2) is 0 Å². The fraction of sp³-hybridized carbons (Fsp3) is 1.00. The van der Waals surface area contributed by atoms with Crippen LogP contribution in [0.5, 0.6) is 0 Å². The van der Waals surface area contributed by atoms with E-state index in [1.807, 2.05) is 0 Å². The molecule has 0 radical (unpaired) electrons. The fourth-order valence-electron chi connectivity index (χ4n) is 6.69. The molecule has 0 amide bonds. The highest BCUT2D eigenvalue weighted by Crippen LogP contribution is 2.29. The Kier molecular flexibility index (Phi) is 8.15. The number of nitrogens with one attached hydrogen (secondary N) is 3. The van der Waals surface area contributed by atoms with Gasteiger partial charge in [0.2, 0.25) is 0 Å². The quantitative estimate of drug-likeness (QED) is 0.567. The Morgan fingerprint density at radius 1 is 0.871 bits per heavy atom. The number of piperidine rings is 1. The summed E-state index contributed by atoms with van der Waals surface area (Å²) in [6.07, 6.45) is 16.1. The molecular weight excluding hydrogens is 390 g/mol. The number of likely N-dealkylation sites (tertiary alicyclic amines) is 1. The maximum atomic E-state index is 6.11. The second-order valence-corrected chi connectivity index (χ2v) is 10.6. The molecule has 0 bridgehead atoms. The molecule has 0 aromatic rings. The molecule has 1 saturated carbocycles. The van der Waals surface area contributed by atoms with E-state index in [2.05, 4.69) is 25.9 Å². The van der Waals surface area contributed by atoms with Gasteiger partial charge in [-0.15, -0.1) is 0 Å². The smallest absolute Gasteiger partial charge is 0.146 e. The maximum Gasteiger partial charge on any atom is 0.146 e. The van der Waals surface area contributed by atoms with Gasteiger partial charge < -0.3 is 10.1 Å². The van der Waals surface area contributed by atoms with E-state index in [0.29, 0.717) is 18.1 Å². The summed E-state index contributed by atoms with van der Waals surface area (Å²) in [5, 5.41) is 7.61. The lowest BCUT2D eigenvalue weighted by atomic mass is 9.86. The summed E-state index contributed by atoms with van der Waals surface area (Å²) in [5.74, 6) is 1.59. The first-order chi connectivity index (χ1) is 15.4. The number of rotatable bonds is 7. The average Bonchev–Trinajstić information content (AvgIpc) is 3.50. The van der Waals surface area contributed by atoms with Gasteiger partial charge in [0.05, 0.1) is 31.6 Å². The van der Waals surface area contributed by atoms with E-state index in [1.165, 1.54) is 83.7 Å². The van der Waals surface area contributed by atoms with Crippen molar-refractivity contribution in [3.8, 4) is 0 Å². The number of hydroxylamine groups is 1. The van der Waals surface area contributed by atoms with E-state index in [-0.39, 0.29) is 12.4 Å². The summed E-state index contributed by atoms with van der Waals surface area (Å²) >= 11 is 0. The third-order valence-electron chi connectivity index (χ3n) is 8.60. The topological polar surface area (TPSA) is 61.0 Å². The van der Waals surface area contributed by atoms with Gasteiger partial charge in [0.1, 0.15) is 6.23 Å². The van der Waals surface area contributed by atoms with Crippen molar-refractivity contribution in [2.45, 2.75) is 95.2 Å². The molecule has 5 fully saturated rings.